The Labute approximate surface area is 124 Å². The highest BCUT2D eigenvalue weighted by atomic mass is 16.2. The number of carbonyl (C=O) groups excluding carboxylic acids is 2. The molecule has 2 aliphatic rings. The van der Waals surface area contributed by atoms with E-state index in [1.807, 2.05) is 29.6 Å². The summed E-state index contributed by atoms with van der Waals surface area (Å²) >= 11 is 0. The van der Waals surface area contributed by atoms with Crippen molar-refractivity contribution in [1.82, 2.24) is 20.0 Å². The van der Waals surface area contributed by atoms with Gasteiger partial charge in [-0.3, -0.25) is 14.3 Å². The van der Waals surface area contributed by atoms with E-state index in [2.05, 4.69) is 10.4 Å². The van der Waals surface area contributed by atoms with Crippen molar-refractivity contribution in [1.29, 1.82) is 0 Å². The van der Waals surface area contributed by atoms with Gasteiger partial charge in [-0.1, -0.05) is 0 Å². The smallest absolute Gasteiger partial charge is 0.245 e. The van der Waals surface area contributed by atoms with Crippen LogP contribution in [0.3, 0.4) is 0 Å². The predicted molar refractivity (Wildman–Crippen MR) is 77.2 cm³/mol. The number of aromatic nitrogens is 2. The van der Waals surface area contributed by atoms with Crippen LogP contribution in [0.1, 0.15) is 38.7 Å². The van der Waals surface area contributed by atoms with Crippen molar-refractivity contribution in [2.75, 3.05) is 0 Å². The Morgan fingerprint density at radius 1 is 1.38 bits per heavy atom. The van der Waals surface area contributed by atoms with Gasteiger partial charge in [0.2, 0.25) is 11.8 Å². The molecule has 2 fully saturated rings. The summed E-state index contributed by atoms with van der Waals surface area (Å²) in [5.74, 6) is 0.368. The van der Waals surface area contributed by atoms with E-state index in [0.717, 1.165) is 24.9 Å². The van der Waals surface area contributed by atoms with Crippen LogP contribution in [0.15, 0.2) is 12.4 Å². The van der Waals surface area contributed by atoms with E-state index in [-0.39, 0.29) is 23.9 Å². The van der Waals surface area contributed by atoms with Crippen LogP contribution in [0.4, 0.5) is 0 Å². The Bertz CT molecular complexity index is 550. The largest absolute Gasteiger partial charge is 0.344 e. The summed E-state index contributed by atoms with van der Waals surface area (Å²) in [4.78, 5) is 26.5. The molecule has 1 saturated carbocycles. The number of nitrogens with zero attached hydrogens (tertiary/aromatic N) is 3. The van der Waals surface area contributed by atoms with Crippen LogP contribution in [0.5, 0.6) is 0 Å². The van der Waals surface area contributed by atoms with Gasteiger partial charge in [-0.2, -0.15) is 5.10 Å². The standard InChI is InChI=1S/C15H22N4O2/c1-3-18-8-11(7-16-18)9-19-10(2)6-13(20)17-14(15(19)21)12-4-5-12/h7-8,10,12,14H,3-6,9H2,1-2H3,(H,17,20). The normalized spacial score (nSPS) is 26.7. The highest BCUT2D eigenvalue weighted by molar-refractivity contribution is 5.91. The second kappa shape index (κ2) is 5.50. The summed E-state index contributed by atoms with van der Waals surface area (Å²) in [7, 11) is 0. The molecule has 2 amide bonds. The lowest BCUT2D eigenvalue weighted by Gasteiger charge is -2.28. The third kappa shape index (κ3) is 2.94. The Morgan fingerprint density at radius 2 is 2.14 bits per heavy atom. The molecule has 21 heavy (non-hydrogen) atoms. The molecule has 0 aromatic carbocycles. The van der Waals surface area contributed by atoms with Crippen LogP contribution in [-0.4, -0.2) is 38.6 Å². The van der Waals surface area contributed by atoms with Crippen molar-refractivity contribution in [2.24, 2.45) is 5.92 Å². The Balaban J connectivity index is 1.79. The Hall–Kier alpha value is -1.85. The minimum Gasteiger partial charge on any atom is -0.344 e. The summed E-state index contributed by atoms with van der Waals surface area (Å²) in [6.07, 6.45) is 6.21. The van der Waals surface area contributed by atoms with Crippen molar-refractivity contribution < 1.29 is 9.59 Å². The van der Waals surface area contributed by atoms with E-state index in [1.54, 1.807) is 6.20 Å². The summed E-state index contributed by atoms with van der Waals surface area (Å²) in [5, 5.41) is 7.15. The summed E-state index contributed by atoms with van der Waals surface area (Å²) in [5.41, 5.74) is 1.01. The van der Waals surface area contributed by atoms with Crippen molar-refractivity contribution in [2.45, 2.75) is 58.3 Å². The van der Waals surface area contributed by atoms with Gasteiger partial charge in [0.05, 0.1) is 6.20 Å². The van der Waals surface area contributed by atoms with Crippen LogP contribution in [-0.2, 0) is 22.7 Å². The van der Waals surface area contributed by atoms with Gasteiger partial charge in [-0.25, -0.2) is 0 Å². The predicted octanol–water partition coefficient (Wildman–Crippen LogP) is 0.919. The molecule has 0 radical (unpaired) electrons. The van der Waals surface area contributed by atoms with Crippen LogP contribution < -0.4 is 5.32 Å². The number of carbonyl (C=O) groups is 2. The highest BCUT2D eigenvalue weighted by Gasteiger charge is 2.42. The molecule has 2 atom stereocenters. The van der Waals surface area contributed by atoms with E-state index < -0.39 is 0 Å². The first kappa shape index (κ1) is 14.1. The molecule has 0 bridgehead atoms. The van der Waals surface area contributed by atoms with E-state index in [4.69, 9.17) is 0 Å². The quantitative estimate of drug-likeness (QED) is 0.896. The molecule has 1 saturated heterocycles. The van der Waals surface area contributed by atoms with E-state index in [0.29, 0.717) is 18.9 Å². The SMILES string of the molecule is CCn1cc(CN2C(=O)C(C3CC3)NC(=O)CC2C)cn1. The maximum Gasteiger partial charge on any atom is 0.245 e. The zero-order valence-corrected chi connectivity index (χ0v) is 12.6. The van der Waals surface area contributed by atoms with Crippen LogP contribution >= 0.6 is 0 Å². The molecule has 114 valence electrons. The second-order valence-corrected chi connectivity index (χ2v) is 6.11. The summed E-state index contributed by atoms with van der Waals surface area (Å²) < 4.78 is 1.85. The van der Waals surface area contributed by atoms with Gasteiger partial charge < -0.3 is 10.2 Å². The lowest BCUT2D eigenvalue weighted by molar-refractivity contribution is -0.136. The van der Waals surface area contributed by atoms with Gasteiger partial charge >= 0.3 is 0 Å². The molecule has 0 spiro atoms. The first-order chi connectivity index (χ1) is 10.1. The number of aryl methyl sites for hydroxylation is 1. The van der Waals surface area contributed by atoms with Gasteiger partial charge in [0.15, 0.2) is 0 Å². The maximum atomic E-state index is 12.7. The van der Waals surface area contributed by atoms with Gasteiger partial charge in [0.1, 0.15) is 6.04 Å². The van der Waals surface area contributed by atoms with Crippen molar-refractivity contribution in [3.05, 3.63) is 18.0 Å². The van der Waals surface area contributed by atoms with Gasteiger partial charge in [-0.15, -0.1) is 0 Å². The molecule has 6 nitrogen and oxygen atoms in total. The monoisotopic (exact) mass is 290 g/mol. The molecular weight excluding hydrogens is 268 g/mol. The molecule has 1 aromatic heterocycles. The fraction of sp³-hybridized carbons (Fsp3) is 0.667. The average molecular weight is 290 g/mol. The molecule has 6 heteroatoms. The van der Waals surface area contributed by atoms with Gasteiger partial charge in [0.25, 0.3) is 0 Å². The summed E-state index contributed by atoms with van der Waals surface area (Å²) in [6, 6.07) is -0.408. The first-order valence-corrected chi connectivity index (χ1v) is 7.69. The van der Waals surface area contributed by atoms with Crippen molar-refractivity contribution >= 4 is 11.8 Å². The molecule has 1 aliphatic heterocycles. The third-order valence-electron chi connectivity index (χ3n) is 4.34. The first-order valence-electron chi connectivity index (χ1n) is 7.69. The molecular formula is C15H22N4O2. The topological polar surface area (TPSA) is 67.2 Å². The number of hydrogen-bond donors (Lipinski definition) is 1. The third-order valence-corrected chi connectivity index (χ3v) is 4.34. The number of rotatable bonds is 4. The molecule has 3 rings (SSSR count). The lowest BCUT2D eigenvalue weighted by atomic mass is 10.1. The zero-order valence-electron chi connectivity index (χ0n) is 12.6. The van der Waals surface area contributed by atoms with Gasteiger partial charge in [0, 0.05) is 37.3 Å². The number of amides is 2. The fourth-order valence-electron chi connectivity index (χ4n) is 2.91. The van der Waals surface area contributed by atoms with E-state index in [9.17, 15) is 9.59 Å². The molecule has 1 aromatic rings. The summed E-state index contributed by atoms with van der Waals surface area (Å²) in [6.45, 7) is 5.31. The average Bonchev–Trinajstić information content (AvgIpc) is 3.20. The number of hydrogen-bond acceptors (Lipinski definition) is 3. The minimum absolute atomic E-state index is 0.0143. The Kier molecular flexibility index (Phi) is 3.69. The fourth-order valence-corrected chi connectivity index (χ4v) is 2.91. The van der Waals surface area contributed by atoms with E-state index in [1.165, 1.54) is 0 Å². The van der Waals surface area contributed by atoms with Crippen LogP contribution in [0.2, 0.25) is 0 Å². The van der Waals surface area contributed by atoms with Crippen LogP contribution in [0.25, 0.3) is 0 Å². The van der Waals surface area contributed by atoms with Crippen molar-refractivity contribution in [3.8, 4) is 0 Å². The second-order valence-electron chi connectivity index (χ2n) is 6.11. The van der Waals surface area contributed by atoms with Crippen molar-refractivity contribution in [3.63, 3.8) is 0 Å². The Morgan fingerprint density at radius 3 is 2.76 bits per heavy atom. The highest BCUT2D eigenvalue weighted by Crippen LogP contribution is 2.35. The maximum absolute atomic E-state index is 12.7. The molecule has 1 N–H and O–H groups in total. The zero-order chi connectivity index (χ0) is 15.0. The van der Waals surface area contributed by atoms with E-state index >= 15 is 0 Å². The number of nitrogens with one attached hydrogen (secondary N) is 1. The minimum atomic E-state index is -0.330. The molecule has 2 unspecified atom stereocenters. The molecule has 2 heterocycles. The molecule has 1 aliphatic carbocycles. The lowest BCUT2D eigenvalue weighted by Crippen LogP contribution is -2.47. The van der Waals surface area contributed by atoms with Crippen LogP contribution in [0, 0.1) is 5.92 Å². The van der Waals surface area contributed by atoms with Gasteiger partial charge in [-0.05, 0) is 32.6 Å².